The summed E-state index contributed by atoms with van der Waals surface area (Å²) in [4.78, 5) is 0. The fourth-order valence-corrected chi connectivity index (χ4v) is 2.31. The molecule has 1 N–H and O–H groups in total. The van der Waals surface area contributed by atoms with Gasteiger partial charge in [0.15, 0.2) is 0 Å². The number of nitrogens with zero attached hydrogens (tertiary/aromatic N) is 1. The van der Waals surface area contributed by atoms with E-state index in [9.17, 15) is 4.39 Å². The molecule has 0 unspecified atom stereocenters. The molecule has 0 saturated carbocycles. The first kappa shape index (κ1) is 13.4. The zero-order valence-electron chi connectivity index (χ0n) is 11.3. The van der Waals surface area contributed by atoms with E-state index in [4.69, 9.17) is 9.94 Å². The molecule has 1 aliphatic rings. The summed E-state index contributed by atoms with van der Waals surface area (Å²) in [6, 6.07) is 13.6. The van der Waals surface area contributed by atoms with Crippen molar-refractivity contribution in [3.05, 3.63) is 66.0 Å². The van der Waals surface area contributed by atoms with Crippen molar-refractivity contribution in [2.75, 3.05) is 0 Å². The Balaban J connectivity index is 1.82. The number of ether oxygens (including phenoxy) is 1. The van der Waals surface area contributed by atoms with Gasteiger partial charge in [0.1, 0.15) is 17.3 Å². The molecule has 3 nitrogen and oxygen atoms in total. The second kappa shape index (κ2) is 5.79. The molecule has 3 rings (SSSR count). The first-order valence-electron chi connectivity index (χ1n) is 6.70. The van der Waals surface area contributed by atoms with E-state index in [-0.39, 0.29) is 5.82 Å². The lowest BCUT2D eigenvalue weighted by molar-refractivity contribution is 0.318. The molecule has 0 aliphatic heterocycles. The summed E-state index contributed by atoms with van der Waals surface area (Å²) in [6.07, 6.45) is 3.48. The van der Waals surface area contributed by atoms with Crippen LogP contribution in [0.25, 0.3) is 5.57 Å². The Kier molecular flexibility index (Phi) is 3.69. The van der Waals surface area contributed by atoms with Crippen LogP contribution < -0.4 is 4.74 Å². The zero-order valence-corrected chi connectivity index (χ0v) is 11.3. The average molecular weight is 283 g/mol. The van der Waals surface area contributed by atoms with E-state index < -0.39 is 0 Å². The Hall–Kier alpha value is -2.62. The molecular weight excluding hydrogens is 269 g/mol. The summed E-state index contributed by atoms with van der Waals surface area (Å²) < 4.78 is 18.6. The highest BCUT2D eigenvalue weighted by molar-refractivity contribution is 6.05. The molecule has 4 heteroatoms. The molecule has 0 bridgehead atoms. The van der Waals surface area contributed by atoms with Gasteiger partial charge in [-0.2, -0.15) is 0 Å². The van der Waals surface area contributed by atoms with E-state index in [0.29, 0.717) is 17.2 Å². The van der Waals surface area contributed by atoms with Crippen LogP contribution in [0.15, 0.2) is 59.8 Å². The first-order chi connectivity index (χ1) is 10.2. The van der Waals surface area contributed by atoms with Crippen molar-refractivity contribution < 1.29 is 14.3 Å². The highest BCUT2D eigenvalue weighted by Crippen LogP contribution is 2.30. The number of halogens is 1. The van der Waals surface area contributed by atoms with E-state index in [2.05, 4.69) is 5.16 Å². The maximum absolute atomic E-state index is 12.9. The van der Waals surface area contributed by atoms with Crippen LogP contribution in [-0.2, 0) is 0 Å². The minimum absolute atomic E-state index is 0.289. The third-order valence-corrected chi connectivity index (χ3v) is 3.37. The van der Waals surface area contributed by atoms with Crippen LogP contribution in [-0.4, -0.2) is 10.9 Å². The lowest BCUT2D eigenvalue weighted by Gasteiger charge is -2.08. The second-order valence-corrected chi connectivity index (χ2v) is 4.84. The fourth-order valence-electron chi connectivity index (χ4n) is 2.31. The largest absolute Gasteiger partial charge is 0.457 e. The minimum Gasteiger partial charge on any atom is -0.457 e. The lowest BCUT2D eigenvalue weighted by Crippen LogP contribution is -1.87. The number of oxime groups is 1. The van der Waals surface area contributed by atoms with Crippen LogP contribution in [0.5, 0.6) is 11.5 Å². The van der Waals surface area contributed by atoms with Crippen molar-refractivity contribution >= 4 is 11.3 Å². The van der Waals surface area contributed by atoms with Crippen molar-refractivity contribution in [2.45, 2.75) is 12.8 Å². The molecule has 1 aliphatic carbocycles. The van der Waals surface area contributed by atoms with Crippen LogP contribution in [0.4, 0.5) is 4.39 Å². The molecular formula is C17H14FNO2. The summed E-state index contributed by atoms with van der Waals surface area (Å²) in [7, 11) is 0. The topological polar surface area (TPSA) is 41.8 Å². The fraction of sp³-hybridized carbons (Fsp3) is 0.118. The summed E-state index contributed by atoms with van der Waals surface area (Å²) in [5.74, 6) is 0.990. The number of allylic oxidation sites excluding steroid dienone is 2. The third-order valence-electron chi connectivity index (χ3n) is 3.37. The Morgan fingerprint density at radius 3 is 2.52 bits per heavy atom. The number of hydrogen-bond acceptors (Lipinski definition) is 3. The smallest absolute Gasteiger partial charge is 0.128 e. The van der Waals surface area contributed by atoms with Crippen LogP contribution in [0, 0.1) is 5.82 Å². The van der Waals surface area contributed by atoms with E-state index in [1.54, 1.807) is 12.1 Å². The van der Waals surface area contributed by atoms with Crippen LogP contribution in [0.3, 0.4) is 0 Å². The standard InChI is InChI=1S/C17H14FNO2/c18-14-5-8-16(9-6-14)21-17-3-1-2-12(11-17)13-4-7-15(10-13)19-20/h1-3,5-6,8-11,20H,4,7H2. The molecule has 0 fully saturated rings. The van der Waals surface area contributed by atoms with Gasteiger partial charge in [-0.25, -0.2) is 4.39 Å². The number of rotatable bonds is 3. The van der Waals surface area contributed by atoms with Crippen molar-refractivity contribution in [1.29, 1.82) is 0 Å². The van der Waals surface area contributed by atoms with Gasteiger partial charge >= 0.3 is 0 Å². The molecule has 0 atom stereocenters. The third kappa shape index (κ3) is 3.11. The van der Waals surface area contributed by atoms with Gasteiger partial charge in [-0.3, -0.25) is 0 Å². The molecule has 2 aromatic rings. The molecule has 0 radical (unpaired) electrons. The number of benzene rings is 2. The maximum atomic E-state index is 12.9. The molecule has 106 valence electrons. The van der Waals surface area contributed by atoms with E-state index >= 15 is 0 Å². The van der Waals surface area contributed by atoms with Crippen molar-refractivity contribution in [3.8, 4) is 11.5 Å². The van der Waals surface area contributed by atoms with Crippen LogP contribution in [0.2, 0.25) is 0 Å². The van der Waals surface area contributed by atoms with Gasteiger partial charge in [-0.15, -0.1) is 0 Å². The van der Waals surface area contributed by atoms with Crippen molar-refractivity contribution in [3.63, 3.8) is 0 Å². The van der Waals surface area contributed by atoms with Crippen molar-refractivity contribution in [2.24, 2.45) is 5.16 Å². The molecule has 0 aromatic heterocycles. The normalized spacial score (nSPS) is 16.0. The Morgan fingerprint density at radius 2 is 1.81 bits per heavy atom. The molecule has 0 amide bonds. The molecule has 0 heterocycles. The summed E-state index contributed by atoms with van der Waals surface area (Å²) >= 11 is 0. The van der Waals surface area contributed by atoms with E-state index in [1.807, 2.05) is 30.3 Å². The lowest BCUT2D eigenvalue weighted by atomic mass is 10.1. The van der Waals surface area contributed by atoms with E-state index in [0.717, 1.165) is 24.0 Å². The van der Waals surface area contributed by atoms with Crippen LogP contribution in [0.1, 0.15) is 18.4 Å². The molecule has 21 heavy (non-hydrogen) atoms. The van der Waals surface area contributed by atoms with Gasteiger partial charge in [-0.1, -0.05) is 17.3 Å². The van der Waals surface area contributed by atoms with Crippen molar-refractivity contribution in [1.82, 2.24) is 0 Å². The predicted molar refractivity (Wildman–Crippen MR) is 79.3 cm³/mol. The summed E-state index contributed by atoms with van der Waals surface area (Å²) in [5.41, 5.74) is 2.84. The average Bonchev–Trinajstić information content (AvgIpc) is 2.99. The Bertz CT molecular complexity index is 705. The maximum Gasteiger partial charge on any atom is 0.128 e. The molecule has 0 spiro atoms. The first-order valence-corrected chi connectivity index (χ1v) is 6.70. The monoisotopic (exact) mass is 283 g/mol. The quantitative estimate of drug-likeness (QED) is 0.659. The van der Waals surface area contributed by atoms with Gasteiger partial charge in [-0.05, 0) is 66.5 Å². The predicted octanol–water partition coefficient (Wildman–Crippen LogP) is 4.63. The minimum atomic E-state index is -0.289. The Labute approximate surface area is 122 Å². The molecule has 2 aromatic carbocycles. The summed E-state index contributed by atoms with van der Waals surface area (Å²) in [6.45, 7) is 0. The highest BCUT2D eigenvalue weighted by atomic mass is 19.1. The van der Waals surface area contributed by atoms with Gasteiger partial charge in [0.2, 0.25) is 0 Å². The highest BCUT2D eigenvalue weighted by Gasteiger charge is 2.13. The van der Waals surface area contributed by atoms with Gasteiger partial charge in [0.05, 0.1) is 5.71 Å². The summed E-state index contributed by atoms with van der Waals surface area (Å²) in [5, 5.41) is 12.0. The van der Waals surface area contributed by atoms with E-state index in [1.165, 1.54) is 12.1 Å². The second-order valence-electron chi connectivity index (χ2n) is 4.84. The van der Waals surface area contributed by atoms with Gasteiger partial charge in [0, 0.05) is 0 Å². The zero-order chi connectivity index (χ0) is 14.7. The van der Waals surface area contributed by atoms with Crippen LogP contribution >= 0.6 is 0 Å². The molecule has 0 saturated heterocycles. The Morgan fingerprint density at radius 1 is 1.00 bits per heavy atom. The number of hydrogen-bond donors (Lipinski definition) is 1. The van der Waals surface area contributed by atoms with Gasteiger partial charge < -0.3 is 9.94 Å². The van der Waals surface area contributed by atoms with Gasteiger partial charge in [0.25, 0.3) is 0 Å². The SMILES string of the molecule is ON=C1C=C(c2cccc(Oc3ccc(F)cc3)c2)CC1.